The number of amides is 1. The molecular weight excluding hydrogens is 284 g/mol. The highest BCUT2D eigenvalue weighted by Crippen LogP contribution is 2.43. The molecule has 21 heavy (non-hydrogen) atoms. The topological polar surface area (TPSA) is 46.3 Å². The van der Waals surface area contributed by atoms with Gasteiger partial charge in [0.1, 0.15) is 0 Å². The second-order valence-corrected chi connectivity index (χ2v) is 7.53. The number of likely N-dealkylation sites (tertiary alicyclic amines) is 1. The van der Waals surface area contributed by atoms with Crippen LogP contribution in [0.2, 0.25) is 0 Å². The number of nitrogens with two attached hydrogens (primary N) is 1. The predicted molar refractivity (Wildman–Crippen MR) is 88.4 cm³/mol. The van der Waals surface area contributed by atoms with Gasteiger partial charge in [0.05, 0.1) is 0 Å². The zero-order chi connectivity index (χ0) is 14.1. The molecular formula is C17H31ClN2O. The zero-order valence-corrected chi connectivity index (χ0v) is 14.1. The van der Waals surface area contributed by atoms with Gasteiger partial charge in [-0.3, -0.25) is 4.79 Å². The van der Waals surface area contributed by atoms with Gasteiger partial charge in [-0.15, -0.1) is 12.4 Å². The minimum absolute atomic E-state index is 0. The highest BCUT2D eigenvalue weighted by atomic mass is 35.5. The molecule has 3 aliphatic rings. The van der Waals surface area contributed by atoms with Crippen LogP contribution in [0.15, 0.2) is 0 Å². The Balaban J connectivity index is 0.00000161. The summed E-state index contributed by atoms with van der Waals surface area (Å²) in [4.78, 5) is 14.9. The lowest BCUT2D eigenvalue weighted by atomic mass is 9.67. The van der Waals surface area contributed by atoms with Crippen molar-refractivity contribution in [3.8, 4) is 0 Å². The maximum Gasteiger partial charge on any atom is 0.225 e. The number of carbonyl (C=O) groups excluding carboxylic acids is 1. The molecule has 5 atom stereocenters. The Hall–Kier alpha value is -0.280. The van der Waals surface area contributed by atoms with Crippen LogP contribution in [0.25, 0.3) is 0 Å². The van der Waals surface area contributed by atoms with Crippen molar-refractivity contribution in [2.24, 2.45) is 29.4 Å². The summed E-state index contributed by atoms with van der Waals surface area (Å²) < 4.78 is 0. The Bertz CT molecular complexity index is 363. The fourth-order valence-corrected chi connectivity index (χ4v) is 4.72. The first-order chi connectivity index (χ1) is 9.65. The molecule has 0 aromatic heterocycles. The number of hydrogen-bond acceptors (Lipinski definition) is 2. The van der Waals surface area contributed by atoms with Crippen LogP contribution >= 0.6 is 12.4 Å². The first-order valence-electron chi connectivity index (χ1n) is 8.69. The Kier molecular flexibility index (Phi) is 5.96. The number of hydrogen-bond donors (Lipinski definition) is 1. The van der Waals surface area contributed by atoms with E-state index in [0.717, 1.165) is 37.8 Å². The molecule has 0 spiro atoms. The molecule has 3 rings (SSSR count). The number of rotatable bonds is 1. The van der Waals surface area contributed by atoms with E-state index in [1.807, 2.05) is 0 Å². The fourth-order valence-electron chi connectivity index (χ4n) is 4.72. The lowest BCUT2D eigenvalue weighted by molar-refractivity contribution is -0.139. The molecule has 2 N–H and O–H groups in total. The van der Waals surface area contributed by atoms with Gasteiger partial charge in [-0.25, -0.2) is 0 Å². The van der Waals surface area contributed by atoms with Crippen LogP contribution in [0.4, 0.5) is 0 Å². The minimum Gasteiger partial charge on any atom is -0.342 e. The summed E-state index contributed by atoms with van der Waals surface area (Å²) >= 11 is 0. The van der Waals surface area contributed by atoms with Gasteiger partial charge in [-0.05, 0) is 43.4 Å². The molecule has 4 heteroatoms. The van der Waals surface area contributed by atoms with E-state index in [2.05, 4.69) is 11.8 Å². The average Bonchev–Trinajstić information content (AvgIpc) is 2.49. The van der Waals surface area contributed by atoms with Gasteiger partial charge in [-0.1, -0.05) is 32.6 Å². The Labute approximate surface area is 135 Å². The van der Waals surface area contributed by atoms with Crippen molar-refractivity contribution in [3.63, 3.8) is 0 Å². The second kappa shape index (κ2) is 7.32. The standard InChI is InChI=1S/C17H30N2O.ClH/c1-12-11-19(9-8-16(12)18)17(20)15-7-6-13-4-2-3-5-14(13)10-15;/h12-16H,2-11,18H2,1H3;1H. The zero-order valence-electron chi connectivity index (χ0n) is 13.3. The van der Waals surface area contributed by atoms with Crippen molar-refractivity contribution in [3.05, 3.63) is 0 Å². The first-order valence-corrected chi connectivity index (χ1v) is 8.69. The van der Waals surface area contributed by atoms with Crippen molar-refractivity contribution in [2.75, 3.05) is 13.1 Å². The molecule has 5 unspecified atom stereocenters. The van der Waals surface area contributed by atoms with Crippen molar-refractivity contribution >= 4 is 18.3 Å². The number of fused-ring (bicyclic) bond motifs is 1. The van der Waals surface area contributed by atoms with Crippen LogP contribution in [0.5, 0.6) is 0 Å². The van der Waals surface area contributed by atoms with Crippen LogP contribution < -0.4 is 5.73 Å². The van der Waals surface area contributed by atoms with Gasteiger partial charge in [-0.2, -0.15) is 0 Å². The molecule has 3 fully saturated rings. The van der Waals surface area contributed by atoms with Crippen molar-refractivity contribution in [1.29, 1.82) is 0 Å². The van der Waals surface area contributed by atoms with Gasteiger partial charge in [0.25, 0.3) is 0 Å². The molecule has 2 saturated carbocycles. The molecule has 0 aromatic rings. The van der Waals surface area contributed by atoms with Crippen LogP contribution in [0.1, 0.15) is 58.3 Å². The van der Waals surface area contributed by atoms with Crippen LogP contribution in [-0.4, -0.2) is 29.9 Å². The highest BCUT2D eigenvalue weighted by molar-refractivity contribution is 5.85. The Morgan fingerprint density at radius 3 is 2.48 bits per heavy atom. The number of piperidine rings is 1. The Morgan fingerprint density at radius 2 is 1.76 bits per heavy atom. The fraction of sp³-hybridized carbons (Fsp3) is 0.941. The largest absolute Gasteiger partial charge is 0.342 e. The van der Waals surface area contributed by atoms with Crippen molar-refractivity contribution < 1.29 is 4.79 Å². The maximum absolute atomic E-state index is 12.8. The molecule has 1 heterocycles. The van der Waals surface area contributed by atoms with E-state index in [9.17, 15) is 4.79 Å². The molecule has 1 saturated heterocycles. The molecule has 122 valence electrons. The lowest BCUT2D eigenvalue weighted by Crippen LogP contribution is -2.50. The highest BCUT2D eigenvalue weighted by Gasteiger charge is 2.37. The van der Waals surface area contributed by atoms with Gasteiger partial charge in [0.2, 0.25) is 5.91 Å². The van der Waals surface area contributed by atoms with E-state index in [0.29, 0.717) is 17.7 Å². The third kappa shape index (κ3) is 3.73. The molecule has 1 aliphatic heterocycles. The van der Waals surface area contributed by atoms with Gasteiger partial charge in [0.15, 0.2) is 0 Å². The quantitative estimate of drug-likeness (QED) is 0.808. The van der Waals surface area contributed by atoms with E-state index in [1.165, 1.54) is 38.5 Å². The van der Waals surface area contributed by atoms with Gasteiger partial charge in [0, 0.05) is 25.0 Å². The number of carbonyl (C=O) groups is 1. The summed E-state index contributed by atoms with van der Waals surface area (Å²) in [5.41, 5.74) is 6.07. The summed E-state index contributed by atoms with van der Waals surface area (Å²) in [6.07, 6.45) is 10.2. The van der Waals surface area contributed by atoms with Gasteiger partial charge >= 0.3 is 0 Å². The summed E-state index contributed by atoms with van der Waals surface area (Å²) in [6, 6.07) is 0.285. The van der Waals surface area contributed by atoms with E-state index in [1.54, 1.807) is 0 Å². The second-order valence-electron chi connectivity index (χ2n) is 7.53. The molecule has 3 nitrogen and oxygen atoms in total. The third-order valence-electron chi connectivity index (χ3n) is 6.17. The first kappa shape index (κ1) is 17.1. The van der Waals surface area contributed by atoms with E-state index >= 15 is 0 Å². The Morgan fingerprint density at radius 1 is 1.05 bits per heavy atom. The van der Waals surface area contributed by atoms with Crippen LogP contribution in [0.3, 0.4) is 0 Å². The maximum atomic E-state index is 12.8. The van der Waals surface area contributed by atoms with Crippen molar-refractivity contribution in [2.45, 2.75) is 64.3 Å². The summed E-state index contributed by atoms with van der Waals surface area (Å²) in [5, 5.41) is 0. The van der Waals surface area contributed by atoms with Gasteiger partial charge < -0.3 is 10.6 Å². The SMILES string of the molecule is CC1CN(C(=O)C2CCC3CCCCC3C2)CCC1N.Cl. The van der Waals surface area contributed by atoms with Crippen LogP contribution in [-0.2, 0) is 4.79 Å². The van der Waals surface area contributed by atoms with Crippen molar-refractivity contribution in [1.82, 2.24) is 4.90 Å². The molecule has 1 amide bonds. The summed E-state index contributed by atoms with van der Waals surface area (Å²) in [5.74, 6) is 2.99. The van der Waals surface area contributed by atoms with Crippen LogP contribution in [0, 0.1) is 23.7 Å². The third-order valence-corrected chi connectivity index (χ3v) is 6.17. The minimum atomic E-state index is 0. The lowest BCUT2D eigenvalue weighted by Gasteiger charge is -2.42. The summed E-state index contributed by atoms with van der Waals surface area (Å²) in [7, 11) is 0. The van der Waals surface area contributed by atoms with E-state index < -0.39 is 0 Å². The molecule has 2 aliphatic carbocycles. The average molecular weight is 315 g/mol. The predicted octanol–water partition coefficient (Wildman–Crippen LogP) is 3.21. The van der Waals surface area contributed by atoms with E-state index in [-0.39, 0.29) is 18.4 Å². The summed E-state index contributed by atoms with van der Waals surface area (Å²) in [6.45, 7) is 3.95. The molecule has 0 bridgehead atoms. The number of nitrogens with zero attached hydrogens (tertiary/aromatic N) is 1. The normalized spacial score (nSPS) is 40.1. The monoisotopic (exact) mass is 314 g/mol. The molecule has 0 aromatic carbocycles. The smallest absolute Gasteiger partial charge is 0.225 e. The molecule has 0 radical (unpaired) electrons. The number of halogens is 1. The van der Waals surface area contributed by atoms with E-state index in [4.69, 9.17) is 5.73 Å².